The second-order valence-corrected chi connectivity index (χ2v) is 2.97. The molecule has 0 atom stereocenters. The molecule has 13 heavy (non-hydrogen) atoms. The van der Waals surface area contributed by atoms with E-state index in [1.165, 1.54) is 11.1 Å². The molecule has 1 amide bonds. The number of carbonyl (C=O) groups excluding carboxylic acids is 1. The van der Waals surface area contributed by atoms with Crippen molar-refractivity contribution in [3.63, 3.8) is 0 Å². The van der Waals surface area contributed by atoms with E-state index in [0.717, 1.165) is 6.42 Å². The average molecular weight is 178 g/mol. The molecular formula is C10H14N2O. The lowest BCUT2D eigenvalue weighted by atomic mass is 10.0. The van der Waals surface area contributed by atoms with Crippen LogP contribution in [-0.4, -0.2) is 5.91 Å². The fourth-order valence-electron chi connectivity index (χ4n) is 1.28. The summed E-state index contributed by atoms with van der Waals surface area (Å²) < 4.78 is 0. The quantitative estimate of drug-likeness (QED) is 0.405. The number of hydrogen-bond acceptors (Lipinski definition) is 2. The third-order valence-electron chi connectivity index (χ3n) is 2.12. The van der Waals surface area contributed by atoms with E-state index in [1.807, 2.05) is 19.1 Å². The number of nitrogens with two attached hydrogens (primary N) is 1. The zero-order chi connectivity index (χ0) is 9.84. The molecule has 0 aliphatic rings. The summed E-state index contributed by atoms with van der Waals surface area (Å²) in [5, 5.41) is 0. The topological polar surface area (TPSA) is 55.1 Å². The first-order chi connectivity index (χ1) is 6.19. The molecule has 0 aliphatic carbocycles. The molecule has 0 unspecified atom stereocenters. The molecule has 1 aromatic rings. The van der Waals surface area contributed by atoms with Gasteiger partial charge in [-0.05, 0) is 36.6 Å². The van der Waals surface area contributed by atoms with Crippen LogP contribution in [0, 0.1) is 6.92 Å². The van der Waals surface area contributed by atoms with Gasteiger partial charge in [-0.2, -0.15) is 0 Å². The van der Waals surface area contributed by atoms with E-state index in [9.17, 15) is 4.79 Å². The van der Waals surface area contributed by atoms with Crippen LogP contribution < -0.4 is 11.3 Å². The minimum atomic E-state index is -0.241. The number of hydrazine groups is 1. The minimum Gasteiger partial charge on any atom is -0.290 e. The normalized spacial score (nSPS) is 9.77. The van der Waals surface area contributed by atoms with Crippen LogP contribution in [-0.2, 0) is 6.42 Å². The maximum Gasteiger partial charge on any atom is 0.265 e. The van der Waals surface area contributed by atoms with E-state index in [2.05, 4.69) is 12.3 Å². The first-order valence-electron chi connectivity index (χ1n) is 4.29. The predicted molar refractivity (Wildman–Crippen MR) is 52.2 cm³/mol. The Morgan fingerprint density at radius 3 is 2.77 bits per heavy atom. The van der Waals surface area contributed by atoms with E-state index in [0.29, 0.717) is 5.56 Å². The van der Waals surface area contributed by atoms with Gasteiger partial charge in [-0.3, -0.25) is 10.2 Å². The summed E-state index contributed by atoms with van der Waals surface area (Å²) in [5.74, 6) is 4.79. The number of nitrogens with one attached hydrogen (secondary N) is 1. The highest BCUT2D eigenvalue weighted by Gasteiger charge is 2.04. The first kappa shape index (κ1) is 9.74. The van der Waals surface area contributed by atoms with Crippen LogP contribution in [0.25, 0.3) is 0 Å². The molecule has 0 radical (unpaired) electrons. The van der Waals surface area contributed by atoms with Gasteiger partial charge in [0.25, 0.3) is 5.91 Å². The Labute approximate surface area is 77.9 Å². The maximum absolute atomic E-state index is 11.2. The van der Waals surface area contributed by atoms with Crippen LogP contribution in [0.3, 0.4) is 0 Å². The fraction of sp³-hybridized carbons (Fsp3) is 0.300. The highest BCUT2D eigenvalue weighted by molar-refractivity contribution is 5.93. The van der Waals surface area contributed by atoms with E-state index < -0.39 is 0 Å². The van der Waals surface area contributed by atoms with Crippen LogP contribution in [0.2, 0.25) is 0 Å². The maximum atomic E-state index is 11.2. The van der Waals surface area contributed by atoms with E-state index in [4.69, 9.17) is 5.84 Å². The van der Waals surface area contributed by atoms with Gasteiger partial charge in [0.15, 0.2) is 0 Å². The lowest BCUT2D eigenvalue weighted by Gasteiger charge is -2.05. The molecule has 0 saturated heterocycles. The fourth-order valence-corrected chi connectivity index (χ4v) is 1.28. The molecule has 3 heteroatoms. The van der Waals surface area contributed by atoms with Gasteiger partial charge in [-0.1, -0.05) is 13.0 Å². The van der Waals surface area contributed by atoms with Crippen molar-refractivity contribution >= 4 is 5.91 Å². The molecule has 0 aliphatic heterocycles. The molecule has 1 aromatic carbocycles. The molecule has 0 heterocycles. The van der Waals surface area contributed by atoms with Crippen molar-refractivity contribution < 1.29 is 4.79 Å². The summed E-state index contributed by atoms with van der Waals surface area (Å²) in [6.07, 6.45) is 0.928. The minimum absolute atomic E-state index is 0.241. The summed E-state index contributed by atoms with van der Waals surface area (Å²) in [6.45, 7) is 4.09. The van der Waals surface area contributed by atoms with Crippen LogP contribution in [0.15, 0.2) is 18.2 Å². The third kappa shape index (κ3) is 2.06. The first-order valence-corrected chi connectivity index (χ1v) is 4.29. The van der Waals surface area contributed by atoms with E-state index in [1.54, 1.807) is 6.07 Å². The summed E-state index contributed by atoms with van der Waals surface area (Å²) in [6, 6.07) is 5.58. The molecule has 1 rings (SSSR count). The van der Waals surface area contributed by atoms with Gasteiger partial charge in [0.1, 0.15) is 0 Å². The number of aryl methyl sites for hydroxylation is 2. The molecule has 0 fully saturated rings. The lowest BCUT2D eigenvalue weighted by Crippen LogP contribution is -2.30. The van der Waals surface area contributed by atoms with Gasteiger partial charge < -0.3 is 0 Å². The molecule has 0 spiro atoms. The molecule has 3 N–H and O–H groups in total. The standard InChI is InChI=1S/C10H14N2O/c1-3-8-6-9(10(13)12-11)5-4-7(8)2/h4-6H,3,11H2,1-2H3,(H,12,13). The Morgan fingerprint density at radius 2 is 2.23 bits per heavy atom. The Kier molecular flexibility index (Phi) is 3.03. The summed E-state index contributed by atoms with van der Waals surface area (Å²) >= 11 is 0. The molecule has 0 aromatic heterocycles. The number of nitrogen functional groups attached to an aromatic ring is 1. The van der Waals surface area contributed by atoms with Crippen LogP contribution >= 0.6 is 0 Å². The number of rotatable bonds is 2. The van der Waals surface area contributed by atoms with Gasteiger partial charge in [-0.25, -0.2) is 5.84 Å². The van der Waals surface area contributed by atoms with Gasteiger partial charge in [0.2, 0.25) is 0 Å². The van der Waals surface area contributed by atoms with Crippen molar-refractivity contribution in [2.24, 2.45) is 5.84 Å². The second-order valence-electron chi connectivity index (χ2n) is 2.97. The van der Waals surface area contributed by atoms with Crippen molar-refractivity contribution in [3.05, 3.63) is 34.9 Å². The zero-order valence-electron chi connectivity index (χ0n) is 7.92. The Balaban J connectivity index is 3.06. The van der Waals surface area contributed by atoms with Crippen LogP contribution in [0.1, 0.15) is 28.4 Å². The van der Waals surface area contributed by atoms with Crippen LogP contribution in [0.4, 0.5) is 0 Å². The van der Waals surface area contributed by atoms with E-state index >= 15 is 0 Å². The average Bonchev–Trinajstić information content (AvgIpc) is 2.17. The largest absolute Gasteiger partial charge is 0.290 e. The smallest absolute Gasteiger partial charge is 0.265 e. The highest BCUT2D eigenvalue weighted by Crippen LogP contribution is 2.11. The number of hydrogen-bond donors (Lipinski definition) is 2. The van der Waals surface area contributed by atoms with Gasteiger partial charge >= 0.3 is 0 Å². The van der Waals surface area contributed by atoms with E-state index in [-0.39, 0.29) is 5.91 Å². The summed E-state index contributed by atoms with van der Waals surface area (Å²) in [4.78, 5) is 11.2. The van der Waals surface area contributed by atoms with Crippen molar-refractivity contribution in [1.82, 2.24) is 5.43 Å². The molecule has 0 bridgehead atoms. The number of benzene rings is 1. The monoisotopic (exact) mass is 178 g/mol. The predicted octanol–water partition coefficient (Wildman–Crippen LogP) is 1.16. The highest BCUT2D eigenvalue weighted by atomic mass is 16.2. The SMILES string of the molecule is CCc1cc(C(=O)NN)ccc1C. The summed E-state index contributed by atoms with van der Waals surface area (Å²) in [7, 11) is 0. The molecule has 70 valence electrons. The molecule has 0 saturated carbocycles. The molecular weight excluding hydrogens is 164 g/mol. The number of amides is 1. The zero-order valence-corrected chi connectivity index (χ0v) is 7.92. The molecule has 3 nitrogen and oxygen atoms in total. The van der Waals surface area contributed by atoms with Gasteiger partial charge in [-0.15, -0.1) is 0 Å². The van der Waals surface area contributed by atoms with Gasteiger partial charge in [0.05, 0.1) is 0 Å². The third-order valence-corrected chi connectivity index (χ3v) is 2.12. The Bertz CT molecular complexity index is 321. The van der Waals surface area contributed by atoms with Crippen LogP contribution in [0.5, 0.6) is 0 Å². The summed E-state index contributed by atoms with van der Waals surface area (Å²) in [5.41, 5.74) is 5.12. The van der Waals surface area contributed by atoms with Crippen molar-refractivity contribution in [1.29, 1.82) is 0 Å². The van der Waals surface area contributed by atoms with Crippen molar-refractivity contribution in [3.8, 4) is 0 Å². The van der Waals surface area contributed by atoms with Gasteiger partial charge in [0, 0.05) is 5.56 Å². The lowest BCUT2D eigenvalue weighted by molar-refractivity contribution is 0.0953. The number of carbonyl (C=O) groups is 1. The van der Waals surface area contributed by atoms with Crippen molar-refractivity contribution in [2.45, 2.75) is 20.3 Å². The van der Waals surface area contributed by atoms with Crippen molar-refractivity contribution in [2.75, 3.05) is 0 Å². The Morgan fingerprint density at radius 1 is 1.54 bits per heavy atom. The second kappa shape index (κ2) is 4.05. The Hall–Kier alpha value is -1.35.